The average Bonchev–Trinajstić information content (AvgIpc) is 2.30. The van der Waals surface area contributed by atoms with E-state index in [1.165, 1.54) is 0 Å². The van der Waals surface area contributed by atoms with Gasteiger partial charge in [0.15, 0.2) is 14.3 Å². The lowest BCUT2D eigenvalue weighted by molar-refractivity contribution is -0.165. The van der Waals surface area contributed by atoms with Crippen LogP contribution in [-0.2, 0) is 14.3 Å². The number of rotatable bonds is 4. The van der Waals surface area contributed by atoms with Gasteiger partial charge >= 0.3 is 5.97 Å². The molecule has 0 bridgehead atoms. The van der Waals surface area contributed by atoms with Crippen LogP contribution in [0.25, 0.3) is 0 Å². The number of ether oxygens (including phenoxy) is 1. The largest absolute Gasteiger partial charge is 0.467 e. The lowest BCUT2D eigenvalue weighted by Gasteiger charge is -2.56. The topological polar surface area (TPSA) is 87.1 Å². The van der Waals surface area contributed by atoms with E-state index in [-0.39, 0.29) is 17.4 Å². The molecular formula is C13H25NO5Si. The fourth-order valence-corrected chi connectivity index (χ4v) is 4.78. The predicted molar refractivity (Wildman–Crippen MR) is 76.5 cm³/mol. The maximum atomic E-state index is 12.0. The van der Waals surface area contributed by atoms with Gasteiger partial charge in [-0.15, -0.1) is 0 Å². The summed E-state index contributed by atoms with van der Waals surface area (Å²) in [5.41, 5.74) is 0. The Bertz CT molecular complexity index is 404. The Morgan fingerprint density at radius 2 is 1.90 bits per heavy atom. The van der Waals surface area contributed by atoms with Crippen LogP contribution in [0.2, 0.25) is 18.1 Å². The summed E-state index contributed by atoms with van der Waals surface area (Å²) < 4.78 is 6.12. The molecule has 0 aromatic heterocycles. The van der Waals surface area contributed by atoms with Crippen LogP contribution in [0.15, 0.2) is 0 Å². The molecule has 1 fully saturated rings. The number of aliphatic hydroxyl groups is 2. The van der Waals surface area contributed by atoms with Gasteiger partial charge in [-0.25, -0.2) is 4.79 Å². The van der Waals surface area contributed by atoms with Gasteiger partial charge in [0.05, 0.1) is 13.2 Å². The summed E-state index contributed by atoms with van der Waals surface area (Å²) >= 11 is 0. The summed E-state index contributed by atoms with van der Waals surface area (Å²) in [7, 11) is -0.992. The van der Waals surface area contributed by atoms with Gasteiger partial charge in [-0.3, -0.25) is 4.79 Å². The first kappa shape index (κ1) is 17.1. The number of hydrogen-bond acceptors (Lipinski definition) is 5. The molecule has 0 aromatic rings. The first-order valence-electron chi connectivity index (χ1n) is 6.71. The Morgan fingerprint density at radius 3 is 2.25 bits per heavy atom. The molecule has 20 heavy (non-hydrogen) atoms. The Balaban J connectivity index is 2.94. The van der Waals surface area contributed by atoms with E-state index >= 15 is 0 Å². The van der Waals surface area contributed by atoms with E-state index < -0.39 is 32.5 Å². The van der Waals surface area contributed by atoms with E-state index in [9.17, 15) is 19.8 Å². The molecule has 116 valence electrons. The van der Waals surface area contributed by atoms with E-state index in [1.54, 1.807) is 4.57 Å². The van der Waals surface area contributed by atoms with Crippen LogP contribution in [-0.4, -0.2) is 60.3 Å². The predicted octanol–water partition coefficient (Wildman–Crippen LogP) is 0.487. The number of carbonyl (C=O) groups is 2. The van der Waals surface area contributed by atoms with Crippen LogP contribution in [0, 0.1) is 0 Å². The van der Waals surface area contributed by atoms with Gasteiger partial charge in [-0.05, 0) is 5.04 Å². The summed E-state index contributed by atoms with van der Waals surface area (Å²) in [6.45, 7) is 10.3. The minimum atomic E-state index is -2.14. The molecule has 1 heterocycles. The van der Waals surface area contributed by atoms with Gasteiger partial charge in [0.1, 0.15) is 6.10 Å². The Hall–Kier alpha value is -0.923. The monoisotopic (exact) mass is 303 g/mol. The standard InChI is InChI=1S/C13H25NO5Si/c1-13(2,3)20(5,6)14-8(7-9(14)15)10(16)11(17)12(18)19-4/h8,10-11,16-17H,7H2,1-6H3/t8-,10+,11+/m0/s1. The summed E-state index contributed by atoms with van der Waals surface area (Å²) in [4.78, 5) is 23.3. The normalized spacial score (nSPS) is 23.1. The van der Waals surface area contributed by atoms with E-state index in [0.717, 1.165) is 7.11 Å². The first-order valence-corrected chi connectivity index (χ1v) is 9.66. The van der Waals surface area contributed by atoms with E-state index in [0.29, 0.717) is 0 Å². The van der Waals surface area contributed by atoms with Crippen molar-refractivity contribution in [2.45, 2.75) is 63.6 Å². The molecule has 6 nitrogen and oxygen atoms in total. The number of aliphatic hydroxyl groups excluding tert-OH is 2. The Labute approximate surface area is 120 Å². The molecule has 1 amide bonds. The Kier molecular flexibility index (Phi) is 4.67. The summed E-state index contributed by atoms with van der Waals surface area (Å²) in [5, 5.41) is 19.8. The molecular weight excluding hydrogens is 278 g/mol. The minimum absolute atomic E-state index is 0.0299. The third kappa shape index (κ3) is 2.75. The van der Waals surface area contributed by atoms with Crippen molar-refractivity contribution in [3.05, 3.63) is 0 Å². The number of esters is 1. The van der Waals surface area contributed by atoms with Gasteiger partial charge < -0.3 is 19.5 Å². The van der Waals surface area contributed by atoms with Gasteiger partial charge in [0, 0.05) is 6.42 Å². The zero-order valence-electron chi connectivity index (χ0n) is 13.0. The third-order valence-corrected chi connectivity index (χ3v) is 10.0. The third-order valence-electron chi connectivity index (χ3n) is 4.58. The van der Waals surface area contributed by atoms with Crippen LogP contribution >= 0.6 is 0 Å². The van der Waals surface area contributed by atoms with Crippen LogP contribution in [0.3, 0.4) is 0 Å². The lowest BCUT2D eigenvalue weighted by atomic mass is 9.96. The minimum Gasteiger partial charge on any atom is -0.467 e. The maximum absolute atomic E-state index is 12.0. The molecule has 1 aliphatic rings. The fraction of sp³-hybridized carbons (Fsp3) is 0.846. The molecule has 3 atom stereocenters. The highest BCUT2D eigenvalue weighted by atomic mass is 28.3. The van der Waals surface area contributed by atoms with Gasteiger partial charge in [-0.2, -0.15) is 0 Å². The second-order valence-corrected chi connectivity index (χ2v) is 11.9. The average molecular weight is 303 g/mol. The number of amides is 1. The lowest BCUT2D eigenvalue weighted by Crippen LogP contribution is -2.72. The zero-order chi connectivity index (χ0) is 15.9. The number of carbonyl (C=O) groups excluding carboxylic acids is 2. The first-order chi connectivity index (χ1) is 8.95. The number of hydrogen-bond donors (Lipinski definition) is 2. The molecule has 7 heteroatoms. The number of methoxy groups -OCH3 is 1. The molecule has 0 spiro atoms. The summed E-state index contributed by atoms with van der Waals surface area (Å²) in [5.74, 6) is -0.912. The Morgan fingerprint density at radius 1 is 1.40 bits per heavy atom. The second kappa shape index (κ2) is 5.46. The van der Waals surface area contributed by atoms with Crippen molar-refractivity contribution in [1.82, 2.24) is 4.57 Å². The SMILES string of the molecule is COC(=O)[C@H](O)[C@H](O)[C@@H]1CC(=O)N1[Si](C)(C)C(C)(C)C. The quantitative estimate of drug-likeness (QED) is 0.448. The zero-order valence-corrected chi connectivity index (χ0v) is 14.0. The smallest absolute Gasteiger partial charge is 0.337 e. The summed E-state index contributed by atoms with van der Waals surface area (Å²) in [6.07, 6.45) is -2.78. The molecule has 0 aromatic carbocycles. The van der Waals surface area contributed by atoms with Crippen molar-refractivity contribution in [2.75, 3.05) is 7.11 Å². The van der Waals surface area contributed by atoms with Crippen molar-refractivity contribution in [2.24, 2.45) is 0 Å². The highest BCUT2D eigenvalue weighted by Crippen LogP contribution is 2.43. The molecule has 0 unspecified atom stereocenters. The molecule has 0 aliphatic carbocycles. The van der Waals surface area contributed by atoms with Crippen molar-refractivity contribution in [3.63, 3.8) is 0 Å². The van der Waals surface area contributed by atoms with Gasteiger partial charge in [0.2, 0.25) is 5.91 Å². The van der Waals surface area contributed by atoms with E-state index in [2.05, 4.69) is 25.5 Å². The van der Waals surface area contributed by atoms with Gasteiger partial charge in [-0.1, -0.05) is 33.9 Å². The van der Waals surface area contributed by atoms with Crippen LogP contribution in [0.1, 0.15) is 27.2 Å². The van der Waals surface area contributed by atoms with Crippen LogP contribution in [0.5, 0.6) is 0 Å². The second-order valence-electron chi connectivity index (χ2n) is 6.80. The molecule has 1 rings (SSSR count). The molecule has 1 aliphatic heterocycles. The van der Waals surface area contributed by atoms with Crippen LogP contribution in [0.4, 0.5) is 0 Å². The molecule has 2 N–H and O–H groups in total. The highest BCUT2D eigenvalue weighted by Gasteiger charge is 2.55. The molecule has 1 saturated heterocycles. The molecule has 0 radical (unpaired) electrons. The fourth-order valence-electron chi connectivity index (χ4n) is 2.27. The number of nitrogens with zero attached hydrogens (tertiary/aromatic N) is 1. The number of β-lactam (4-membered cyclic amide) rings is 1. The highest BCUT2D eigenvalue weighted by molar-refractivity contribution is 6.80. The van der Waals surface area contributed by atoms with Crippen LogP contribution < -0.4 is 0 Å². The van der Waals surface area contributed by atoms with Crippen molar-refractivity contribution < 1.29 is 24.5 Å². The summed E-state index contributed by atoms with van der Waals surface area (Å²) in [6, 6.07) is -0.516. The van der Waals surface area contributed by atoms with E-state index in [4.69, 9.17) is 0 Å². The maximum Gasteiger partial charge on any atom is 0.337 e. The van der Waals surface area contributed by atoms with Crippen molar-refractivity contribution in [1.29, 1.82) is 0 Å². The van der Waals surface area contributed by atoms with Crippen molar-refractivity contribution in [3.8, 4) is 0 Å². The van der Waals surface area contributed by atoms with Gasteiger partial charge in [0.25, 0.3) is 0 Å². The van der Waals surface area contributed by atoms with E-state index in [1.807, 2.05) is 13.1 Å². The van der Waals surface area contributed by atoms with Crippen molar-refractivity contribution >= 4 is 20.1 Å². The molecule has 0 saturated carbocycles.